The molecule has 0 amide bonds. The fourth-order valence-corrected chi connectivity index (χ4v) is 5.79. The first-order valence-corrected chi connectivity index (χ1v) is 12.1. The van der Waals surface area contributed by atoms with Gasteiger partial charge < -0.3 is 10.2 Å². The van der Waals surface area contributed by atoms with Crippen LogP contribution in [0.3, 0.4) is 0 Å². The number of fused-ring (bicyclic) bond motifs is 1. The molecule has 0 aliphatic carbocycles. The maximum Gasteiger partial charge on any atom is 0.256 e. The van der Waals surface area contributed by atoms with Crippen LogP contribution in [0.25, 0.3) is 15.9 Å². The van der Waals surface area contributed by atoms with Crippen LogP contribution in [0.2, 0.25) is 0 Å². The predicted molar refractivity (Wildman–Crippen MR) is 136 cm³/mol. The third-order valence-corrected chi connectivity index (χ3v) is 7.44. The molecule has 0 radical (unpaired) electrons. The van der Waals surface area contributed by atoms with Gasteiger partial charge in [0.25, 0.3) is 5.56 Å². The van der Waals surface area contributed by atoms with Crippen LogP contribution < -0.4 is 10.9 Å². The summed E-state index contributed by atoms with van der Waals surface area (Å²) in [5.41, 5.74) is 3.07. The number of rotatable bonds is 5. The molecule has 1 saturated heterocycles. The number of likely N-dealkylation sites (tertiary alicyclic amines) is 1. The summed E-state index contributed by atoms with van der Waals surface area (Å²) in [6.07, 6.45) is 2.04. The number of hydrogen-bond donors (Lipinski definition) is 1. The molecule has 5 nitrogen and oxygen atoms in total. The number of anilines is 1. The monoisotopic (exact) mass is 457 g/mol. The van der Waals surface area contributed by atoms with Crippen molar-refractivity contribution >= 4 is 32.3 Å². The van der Waals surface area contributed by atoms with Gasteiger partial charge in [0.2, 0.25) is 0 Å². The Hall–Kier alpha value is -3.22. The molecule has 0 spiro atoms. The summed E-state index contributed by atoms with van der Waals surface area (Å²) in [5, 5.41) is 5.34. The lowest BCUT2D eigenvalue weighted by Crippen LogP contribution is -2.36. The second-order valence-electron chi connectivity index (χ2n) is 8.79. The zero-order valence-corrected chi connectivity index (χ0v) is 19.7. The lowest BCUT2D eigenvalue weighted by atomic mass is 10.00. The van der Waals surface area contributed by atoms with Gasteiger partial charge in [-0.2, -0.15) is 0 Å². The second-order valence-corrected chi connectivity index (χ2v) is 9.79. The highest BCUT2D eigenvalue weighted by Crippen LogP contribution is 2.38. The molecule has 168 valence electrons. The Morgan fingerprint density at radius 3 is 2.48 bits per heavy atom. The number of aryl methyl sites for hydroxylation is 1. The van der Waals surface area contributed by atoms with Crippen LogP contribution in [0.5, 0.6) is 0 Å². The Morgan fingerprint density at radius 2 is 1.76 bits per heavy atom. The summed E-state index contributed by atoms with van der Waals surface area (Å²) >= 11 is 1.50. The molecule has 2 aromatic heterocycles. The van der Waals surface area contributed by atoms with Crippen LogP contribution in [0, 0.1) is 6.92 Å². The highest BCUT2D eigenvalue weighted by Gasteiger charge is 2.26. The van der Waals surface area contributed by atoms with Crippen molar-refractivity contribution in [3.63, 3.8) is 0 Å². The normalized spacial score (nSPS) is 15.1. The number of pyridine rings is 1. The molecule has 3 heterocycles. The topological polar surface area (TPSA) is 54.3 Å². The minimum absolute atomic E-state index is 0.0151. The first-order chi connectivity index (χ1) is 16.0. The van der Waals surface area contributed by atoms with E-state index in [0.29, 0.717) is 17.2 Å². The highest BCUT2D eigenvalue weighted by molar-refractivity contribution is 7.23. The van der Waals surface area contributed by atoms with Crippen LogP contribution in [0.15, 0.2) is 71.5 Å². The molecule has 1 fully saturated rings. The number of piperidine rings is 1. The molecule has 33 heavy (non-hydrogen) atoms. The molecule has 1 N–H and O–H groups in total. The zero-order valence-electron chi connectivity index (χ0n) is 18.9. The number of para-hydroxylation sites is 1. The number of nitrogens with one attached hydrogen (secondary N) is 1. The fraction of sp³-hybridized carbons (Fsp3) is 0.259. The number of carbonyl (C=O) groups excluding carboxylic acids is 1. The summed E-state index contributed by atoms with van der Waals surface area (Å²) in [7, 11) is 2.14. The Bertz CT molecular complexity index is 1370. The standard InChI is InChI=1S/C27H27N3O2S/c1-18-7-6-8-19(17-18)25(32)24-22-11-12-23(31)30(21-9-4-3-5-10-21)27(22)33-26(24)28-20-13-15-29(2)16-14-20/h3-12,17,20,28H,13-16H2,1-2H3. The van der Waals surface area contributed by atoms with Gasteiger partial charge in [-0.1, -0.05) is 53.3 Å². The number of thiophene rings is 1. The quantitative estimate of drug-likeness (QED) is 0.424. The summed E-state index contributed by atoms with van der Waals surface area (Å²) in [4.78, 5) is 29.8. The average Bonchev–Trinajstić information content (AvgIpc) is 3.18. The third kappa shape index (κ3) is 4.24. The van der Waals surface area contributed by atoms with E-state index in [1.165, 1.54) is 11.3 Å². The Kier molecular flexibility index (Phi) is 5.87. The minimum atomic E-state index is -0.102. The van der Waals surface area contributed by atoms with Crippen LogP contribution in [-0.4, -0.2) is 41.4 Å². The van der Waals surface area contributed by atoms with Crippen LogP contribution in [0.1, 0.15) is 34.3 Å². The van der Waals surface area contributed by atoms with Gasteiger partial charge in [-0.25, -0.2) is 0 Å². The van der Waals surface area contributed by atoms with Crippen molar-refractivity contribution in [3.8, 4) is 5.69 Å². The molecule has 0 bridgehead atoms. The maximum absolute atomic E-state index is 13.8. The van der Waals surface area contributed by atoms with Crippen molar-refractivity contribution in [2.45, 2.75) is 25.8 Å². The molecule has 5 rings (SSSR count). The van der Waals surface area contributed by atoms with Gasteiger partial charge >= 0.3 is 0 Å². The van der Waals surface area contributed by atoms with E-state index in [9.17, 15) is 9.59 Å². The number of aromatic nitrogens is 1. The summed E-state index contributed by atoms with van der Waals surface area (Å²) in [6, 6.07) is 21.0. The van der Waals surface area contributed by atoms with Gasteiger partial charge in [0, 0.05) is 23.1 Å². The van der Waals surface area contributed by atoms with E-state index < -0.39 is 0 Å². The number of nitrogens with zero attached hydrogens (tertiary/aromatic N) is 2. The average molecular weight is 458 g/mol. The van der Waals surface area contributed by atoms with Crippen molar-refractivity contribution in [2.24, 2.45) is 0 Å². The predicted octanol–water partition coefficient (Wildman–Crippen LogP) is 5.10. The first-order valence-electron chi connectivity index (χ1n) is 11.3. The Balaban J connectivity index is 1.69. The van der Waals surface area contributed by atoms with Crippen molar-refractivity contribution in [3.05, 3.63) is 93.8 Å². The van der Waals surface area contributed by atoms with Crippen LogP contribution >= 0.6 is 11.3 Å². The summed E-state index contributed by atoms with van der Waals surface area (Å²) in [6.45, 7) is 4.05. The lowest BCUT2D eigenvalue weighted by Gasteiger charge is -2.30. The minimum Gasteiger partial charge on any atom is -0.373 e. The molecular weight excluding hydrogens is 430 g/mol. The maximum atomic E-state index is 13.8. The van der Waals surface area contributed by atoms with E-state index in [2.05, 4.69) is 17.3 Å². The van der Waals surface area contributed by atoms with Crippen LogP contribution in [0.4, 0.5) is 5.00 Å². The van der Waals surface area contributed by atoms with Gasteiger partial charge in [-0.05, 0) is 64.2 Å². The van der Waals surface area contributed by atoms with Crippen molar-refractivity contribution in [1.29, 1.82) is 0 Å². The van der Waals surface area contributed by atoms with E-state index in [-0.39, 0.29) is 11.3 Å². The van der Waals surface area contributed by atoms with Gasteiger partial charge in [0.05, 0.1) is 11.3 Å². The molecule has 1 aliphatic heterocycles. The third-order valence-electron chi connectivity index (χ3n) is 6.32. The Labute approximate surface area is 197 Å². The first kappa shape index (κ1) is 21.6. The number of carbonyl (C=O) groups is 1. The number of ketones is 1. The van der Waals surface area contributed by atoms with Gasteiger partial charge in [0.1, 0.15) is 9.83 Å². The van der Waals surface area contributed by atoms with Gasteiger partial charge in [0.15, 0.2) is 5.78 Å². The molecule has 4 aromatic rings. The second kappa shape index (κ2) is 8.96. The van der Waals surface area contributed by atoms with Gasteiger partial charge in [-0.3, -0.25) is 14.2 Å². The van der Waals surface area contributed by atoms with Crippen LogP contribution in [-0.2, 0) is 0 Å². The largest absolute Gasteiger partial charge is 0.373 e. The summed E-state index contributed by atoms with van der Waals surface area (Å²) in [5.74, 6) is -0.0151. The molecule has 0 atom stereocenters. The van der Waals surface area contributed by atoms with Crippen molar-refractivity contribution in [1.82, 2.24) is 9.47 Å². The van der Waals surface area contributed by atoms with E-state index in [0.717, 1.165) is 52.4 Å². The van der Waals surface area contributed by atoms with Crippen molar-refractivity contribution in [2.75, 3.05) is 25.5 Å². The number of hydrogen-bond acceptors (Lipinski definition) is 5. The number of benzene rings is 2. The van der Waals surface area contributed by atoms with Crippen molar-refractivity contribution < 1.29 is 4.79 Å². The highest BCUT2D eigenvalue weighted by atomic mass is 32.1. The molecule has 0 saturated carbocycles. The van der Waals surface area contributed by atoms with E-state index in [1.54, 1.807) is 16.7 Å². The fourth-order valence-electron chi connectivity index (χ4n) is 4.50. The SMILES string of the molecule is Cc1cccc(C(=O)c2c(NC3CCN(C)CC3)sc3c2ccc(=O)n3-c2ccccc2)c1. The van der Waals surface area contributed by atoms with E-state index in [1.807, 2.05) is 61.5 Å². The van der Waals surface area contributed by atoms with Gasteiger partial charge in [-0.15, -0.1) is 0 Å². The van der Waals surface area contributed by atoms with E-state index in [4.69, 9.17) is 0 Å². The molecule has 0 unspecified atom stereocenters. The molecular formula is C27H27N3O2S. The molecule has 6 heteroatoms. The van der Waals surface area contributed by atoms with E-state index >= 15 is 0 Å². The summed E-state index contributed by atoms with van der Waals surface area (Å²) < 4.78 is 1.72. The molecule has 2 aromatic carbocycles. The molecule has 1 aliphatic rings. The lowest BCUT2D eigenvalue weighted by molar-refractivity contribution is 0.104. The smallest absolute Gasteiger partial charge is 0.256 e. The Morgan fingerprint density at radius 1 is 1.00 bits per heavy atom. The zero-order chi connectivity index (χ0) is 22.9.